The molecule has 3 aromatic rings. The summed E-state index contributed by atoms with van der Waals surface area (Å²) >= 11 is 0. The third-order valence-electron chi connectivity index (χ3n) is 5.51. The van der Waals surface area contributed by atoms with Crippen LogP contribution in [0.5, 0.6) is 0 Å². The number of nitrogens with zero attached hydrogens (tertiary/aromatic N) is 1. The number of aliphatic hydroxyl groups is 1. The highest BCUT2D eigenvalue weighted by Crippen LogP contribution is 2.36. The van der Waals surface area contributed by atoms with E-state index in [0.29, 0.717) is 6.42 Å². The van der Waals surface area contributed by atoms with Crippen LogP contribution in [0, 0.1) is 12.7 Å². The number of hydrogen-bond donors (Lipinski definition) is 2. The standard InChI is InChI=1S/C27H29FNO5P/c1-3-24-23(10-7-15-34-35(33)17-22(30)16-25(31)32)26(19-11-13-21(28)14-12-19)18(2)27(29-24)20-8-5-4-6-9-20/h4-14,22,30,35H,3,15-17H2,1-2H3,(H,31,32). The lowest BCUT2D eigenvalue weighted by Gasteiger charge is -2.18. The zero-order valence-electron chi connectivity index (χ0n) is 19.7. The first kappa shape index (κ1) is 26.5. The van der Waals surface area contributed by atoms with Crippen molar-refractivity contribution in [2.45, 2.75) is 32.8 Å². The first-order chi connectivity index (χ1) is 16.8. The molecular formula is C27H29FNO5P. The molecule has 35 heavy (non-hydrogen) atoms. The molecular weight excluding hydrogens is 468 g/mol. The van der Waals surface area contributed by atoms with E-state index in [0.717, 1.165) is 39.2 Å². The summed E-state index contributed by atoms with van der Waals surface area (Å²) in [6, 6.07) is 16.2. The molecule has 0 amide bonds. The Morgan fingerprint density at radius 3 is 2.46 bits per heavy atom. The molecule has 2 aromatic carbocycles. The molecule has 2 atom stereocenters. The third-order valence-corrected chi connectivity index (χ3v) is 6.80. The van der Waals surface area contributed by atoms with E-state index in [-0.39, 0.29) is 18.6 Å². The lowest BCUT2D eigenvalue weighted by molar-refractivity contribution is -0.138. The largest absolute Gasteiger partial charge is 0.481 e. The van der Waals surface area contributed by atoms with Gasteiger partial charge in [0.25, 0.3) is 0 Å². The molecule has 1 aromatic heterocycles. The number of aliphatic carboxylic acids is 1. The Morgan fingerprint density at radius 2 is 1.83 bits per heavy atom. The SMILES string of the molecule is CCc1nc(-c2ccccc2)c(C)c(-c2ccc(F)cc2)c1C=CCO[PH](=O)CC(O)CC(=O)O. The highest BCUT2D eigenvalue weighted by Gasteiger charge is 2.18. The Bertz CT molecular complexity index is 1210. The van der Waals surface area contributed by atoms with Crippen molar-refractivity contribution in [3.63, 3.8) is 0 Å². The fraction of sp³-hybridized carbons (Fsp3) is 0.259. The summed E-state index contributed by atoms with van der Waals surface area (Å²) in [5.74, 6) is -1.48. The average molecular weight is 498 g/mol. The molecule has 0 fully saturated rings. The van der Waals surface area contributed by atoms with Crippen LogP contribution in [-0.4, -0.2) is 40.0 Å². The molecule has 6 nitrogen and oxygen atoms in total. The predicted molar refractivity (Wildman–Crippen MR) is 136 cm³/mol. The highest BCUT2D eigenvalue weighted by molar-refractivity contribution is 7.39. The molecule has 3 rings (SSSR count). The lowest BCUT2D eigenvalue weighted by Crippen LogP contribution is -2.15. The minimum atomic E-state index is -2.59. The quantitative estimate of drug-likeness (QED) is 0.327. The number of carbonyl (C=O) groups is 1. The molecule has 0 radical (unpaired) electrons. The van der Waals surface area contributed by atoms with E-state index in [4.69, 9.17) is 14.6 Å². The minimum Gasteiger partial charge on any atom is -0.481 e. The monoisotopic (exact) mass is 497 g/mol. The maximum Gasteiger partial charge on any atom is 0.305 e. The van der Waals surface area contributed by atoms with Crippen LogP contribution < -0.4 is 0 Å². The maximum atomic E-state index is 13.7. The number of carboxylic acids is 1. The molecule has 0 bridgehead atoms. The molecule has 184 valence electrons. The topological polar surface area (TPSA) is 96.7 Å². The fourth-order valence-corrected chi connectivity index (χ4v) is 4.82. The first-order valence-corrected chi connectivity index (χ1v) is 12.9. The van der Waals surface area contributed by atoms with E-state index in [1.165, 1.54) is 12.1 Å². The second-order valence-electron chi connectivity index (χ2n) is 8.09. The molecule has 0 aliphatic heterocycles. The van der Waals surface area contributed by atoms with Crippen LogP contribution in [0.3, 0.4) is 0 Å². The summed E-state index contributed by atoms with van der Waals surface area (Å²) in [7, 11) is -2.59. The summed E-state index contributed by atoms with van der Waals surface area (Å²) in [5, 5.41) is 18.3. The number of halogens is 1. The molecule has 2 unspecified atom stereocenters. The van der Waals surface area contributed by atoms with Gasteiger partial charge in [-0.05, 0) is 42.2 Å². The first-order valence-electron chi connectivity index (χ1n) is 11.4. The van der Waals surface area contributed by atoms with Crippen molar-refractivity contribution in [2.75, 3.05) is 12.8 Å². The van der Waals surface area contributed by atoms with E-state index in [1.807, 2.05) is 50.3 Å². The summed E-state index contributed by atoms with van der Waals surface area (Å²) in [4.78, 5) is 15.6. The Labute approximate surface area is 205 Å². The summed E-state index contributed by atoms with van der Waals surface area (Å²) in [6.07, 6.45) is 2.34. The van der Waals surface area contributed by atoms with Crippen LogP contribution in [-0.2, 0) is 20.3 Å². The van der Waals surface area contributed by atoms with Crippen LogP contribution in [0.15, 0.2) is 60.7 Å². The van der Waals surface area contributed by atoms with Crippen molar-refractivity contribution >= 4 is 20.1 Å². The highest BCUT2D eigenvalue weighted by atomic mass is 31.1. The Balaban J connectivity index is 1.94. The smallest absolute Gasteiger partial charge is 0.305 e. The molecule has 0 aliphatic rings. The minimum absolute atomic E-state index is 0.0308. The van der Waals surface area contributed by atoms with Gasteiger partial charge in [-0.3, -0.25) is 14.3 Å². The van der Waals surface area contributed by atoms with Crippen LogP contribution in [0.2, 0.25) is 0 Å². The van der Waals surface area contributed by atoms with Gasteiger partial charge in [-0.25, -0.2) is 4.39 Å². The number of hydrogen-bond acceptors (Lipinski definition) is 5. The van der Waals surface area contributed by atoms with Gasteiger partial charge in [0.2, 0.25) is 0 Å². The molecule has 0 saturated heterocycles. The average Bonchev–Trinajstić information content (AvgIpc) is 2.82. The predicted octanol–water partition coefficient (Wildman–Crippen LogP) is 5.77. The van der Waals surface area contributed by atoms with Gasteiger partial charge in [0, 0.05) is 23.0 Å². The van der Waals surface area contributed by atoms with Crippen molar-refractivity contribution in [3.8, 4) is 22.4 Å². The van der Waals surface area contributed by atoms with Gasteiger partial charge in [0.15, 0.2) is 8.03 Å². The number of carboxylic acid groups (broad SMARTS) is 1. The fourth-order valence-electron chi connectivity index (χ4n) is 3.89. The van der Waals surface area contributed by atoms with Gasteiger partial charge in [0.05, 0.1) is 24.8 Å². The molecule has 2 N–H and O–H groups in total. The molecule has 0 saturated carbocycles. The van der Waals surface area contributed by atoms with Crippen molar-refractivity contribution in [1.29, 1.82) is 0 Å². The van der Waals surface area contributed by atoms with E-state index in [2.05, 4.69) is 0 Å². The zero-order chi connectivity index (χ0) is 25.4. The van der Waals surface area contributed by atoms with E-state index >= 15 is 0 Å². The second-order valence-corrected chi connectivity index (χ2v) is 9.53. The second kappa shape index (κ2) is 12.5. The van der Waals surface area contributed by atoms with Crippen LogP contribution in [0.4, 0.5) is 4.39 Å². The van der Waals surface area contributed by atoms with Gasteiger partial charge < -0.3 is 14.7 Å². The third kappa shape index (κ3) is 7.18. The number of aryl methyl sites for hydroxylation is 1. The van der Waals surface area contributed by atoms with Crippen molar-refractivity contribution < 1.29 is 28.5 Å². The Kier molecular flexibility index (Phi) is 9.49. The summed E-state index contributed by atoms with van der Waals surface area (Å²) < 4.78 is 31.0. The van der Waals surface area contributed by atoms with Gasteiger partial charge in [0.1, 0.15) is 5.82 Å². The Hall–Kier alpha value is -3.12. The normalized spacial score (nSPS) is 13.1. The number of aromatic nitrogens is 1. The van der Waals surface area contributed by atoms with Crippen LogP contribution in [0.1, 0.15) is 30.2 Å². The van der Waals surface area contributed by atoms with Crippen molar-refractivity contribution in [2.24, 2.45) is 0 Å². The van der Waals surface area contributed by atoms with Crippen molar-refractivity contribution in [3.05, 3.63) is 83.3 Å². The van der Waals surface area contributed by atoms with E-state index in [9.17, 15) is 18.9 Å². The van der Waals surface area contributed by atoms with Crippen LogP contribution >= 0.6 is 8.03 Å². The zero-order valence-corrected chi connectivity index (χ0v) is 20.7. The number of aliphatic hydroxyl groups excluding tert-OH is 1. The van der Waals surface area contributed by atoms with Gasteiger partial charge in [-0.15, -0.1) is 0 Å². The molecule has 1 heterocycles. The van der Waals surface area contributed by atoms with Gasteiger partial charge >= 0.3 is 5.97 Å². The summed E-state index contributed by atoms with van der Waals surface area (Å²) in [6.45, 7) is 4.03. The lowest BCUT2D eigenvalue weighted by atomic mass is 9.90. The number of rotatable bonds is 11. The Morgan fingerprint density at radius 1 is 1.14 bits per heavy atom. The number of pyridine rings is 1. The molecule has 0 aliphatic carbocycles. The van der Waals surface area contributed by atoms with Crippen molar-refractivity contribution in [1.82, 2.24) is 4.98 Å². The maximum absolute atomic E-state index is 13.7. The molecule has 8 heteroatoms. The van der Waals surface area contributed by atoms with Gasteiger partial charge in [-0.1, -0.05) is 61.5 Å². The molecule has 0 spiro atoms. The van der Waals surface area contributed by atoms with E-state index in [1.54, 1.807) is 18.2 Å². The van der Waals surface area contributed by atoms with Crippen LogP contribution in [0.25, 0.3) is 28.5 Å². The van der Waals surface area contributed by atoms with E-state index < -0.39 is 26.5 Å². The van der Waals surface area contributed by atoms with Gasteiger partial charge in [-0.2, -0.15) is 0 Å². The summed E-state index contributed by atoms with van der Waals surface area (Å²) in [5.41, 5.74) is 6.29. The number of benzene rings is 2.